The molecule has 0 aliphatic heterocycles. The number of carboxylic acids is 1. The highest BCUT2D eigenvalue weighted by Crippen LogP contribution is 2.18. The molecule has 0 unspecified atom stereocenters. The van der Waals surface area contributed by atoms with Gasteiger partial charge in [0.2, 0.25) is 24.1 Å². The van der Waals surface area contributed by atoms with E-state index in [1.54, 1.807) is 0 Å². The van der Waals surface area contributed by atoms with Crippen LogP contribution >= 0.6 is 11.6 Å². The lowest BCUT2D eigenvalue weighted by Crippen LogP contribution is -2.55. The van der Waals surface area contributed by atoms with Gasteiger partial charge in [-0.25, -0.2) is 18.4 Å². The highest BCUT2D eigenvalue weighted by molar-refractivity contribution is 6.31. The standard InChI is InChI=1S/C30H45ClF2N4O7/c1-16(2)11-23(35-26(38)14-22(18(5)6)37-30(43)44-15-17(3)4)28(40)36-24(13-25(32)33)27(39)34-10-9-19-7-8-20(29(41)42)12-21(19)31/h7-8,12,16-18,22-25H,9-11,13-15H2,1-6H3,(H,34,39)(H,35,38)(H,36,40)(H,37,43)(H,41,42)/t22-,23-,24-/m1/s1. The Morgan fingerprint density at radius 1 is 0.886 bits per heavy atom. The molecule has 3 atom stereocenters. The van der Waals surface area contributed by atoms with Crippen molar-refractivity contribution in [3.8, 4) is 0 Å². The number of carbonyl (C=O) groups is 5. The molecule has 0 spiro atoms. The fourth-order valence-corrected chi connectivity index (χ4v) is 4.33. The Morgan fingerprint density at radius 3 is 2.05 bits per heavy atom. The molecule has 44 heavy (non-hydrogen) atoms. The lowest BCUT2D eigenvalue weighted by molar-refractivity contribution is -0.133. The van der Waals surface area contributed by atoms with Gasteiger partial charge in [-0.2, -0.15) is 0 Å². The minimum atomic E-state index is -2.91. The van der Waals surface area contributed by atoms with Crippen molar-refractivity contribution >= 4 is 41.4 Å². The number of amides is 4. The maximum absolute atomic E-state index is 13.4. The van der Waals surface area contributed by atoms with Gasteiger partial charge in [0.15, 0.2) is 0 Å². The van der Waals surface area contributed by atoms with E-state index in [0.29, 0.717) is 5.56 Å². The van der Waals surface area contributed by atoms with Gasteiger partial charge < -0.3 is 31.1 Å². The summed E-state index contributed by atoms with van der Waals surface area (Å²) in [5.74, 6) is -3.44. The third-order valence-electron chi connectivity index (χ3n) is 6.46. The topological polar surface area (TPSA) is 163 Å². The summed E-state index contributed by atoms with van der Waals surface area (Å²) in [6.45, 7) is 11.2. The predicted molar refractivity (Wildman–Crippen MR) is 162 cm³/mol. The second-order valence-electron chi connectivity index (χ2n) is 11.8. The van der Waals surface area contributed by atoms with Crippen LogP contribution in [0.3, 0.4) is 0 Å². The van der Waals surface area contributed by atoms with Crippen LogP contribution in [0.25, 0.3) is 0 Å². The van der Waals surface area contributed by atoms with E-state index in [2.05, 4.69) is 21.3 Å². The molecule has 0 saturated carbocycles. The van der Waals surface area contributed by atoms with Crippen LogP contribution in [0.1, 0.15) is 76.7 Å². The Labute approximate surface area is 262 Å². The fraction of sp³-hybridized carbons (Fsp3) is 0.633. The van der Waals surface area contributed by atoms with E-state index in [4.69, 9.17) is 21.4 Å². The first-order chi connectivity index (χ1) is 20.5. The van der Waals surface area contributed by atoms with Crippen molar-refractivity contribution in [1.29, 1.82) is 0 Å². The molecule has 248 valence electrons. The molecular formula is C30H45ClF2N4O7. The molecule has 0 aliphatic carbocycles. The summed E-state index contributed by atoms with van der Waals surface area (Å²) in [6.07, 6.45) is -4.33. The van der Waals surface area contributed by atoms with Crippen LogP contribution in [-0.4, -0.2) is 72.6 Å². The van der Waals surface area contributed by atoms with Crippen LogP contribution in [0.2, 0.25) is 5.02 Å². The number of hydrogen-bond acceptors (Lipinski definition) is 6. The van der Waals surface area contributed by atoms with Crippen LogP contribution in [0.5, 0.6) is 0 Å². The van der Waals surface area contributed by atoms with Gasteiger partial charge in [-0.1, -0.05) is 59.2 Å². The Balaban J connectivity index is 2.89. The van der Waals surface area contributed by atoms with E-state index in [0.717, 1.165) is 0 Å². The van der Waals surface area contributed by atoms with Crippen molar-refractivity contribution < 1.29 is 42.6 Å². The zero-order valence-corrected chi connectivity index (χ0v) is 26.8. The Bertz CT molecular complexity index is 1130. The normalized spacial score (nSPS) is 13.4. The van der Waals surface area contributed by atoms with Crippen LogP contribution in [-0.2, 0) is 25.5 Å². The van der Waals surface area contributed by atoms with Crippen LogP contribution in [0.15, 0.2) is 18.2 Å². The predicted octanol–water partition coefficient (Wildman–Crippen LogP) is 4.16. The largest absolute Gasteiger partial charge is 0.478 e. The lowest BCUT2D eigenvalue weighted by Gasteiger charge is -2.26. The molecule has 0 aromatic heterocycles. The molecule has 0 heterocycles. The number of rotatable bonds is 18. The summed E-state index contributed by atoms with van der Waals surface area (Å²) in [5, 5.41) is 19.4. The highest BCUT2D eigenvalue weighted by Gasteiger charge is 2.30. The Hall–Kier alpha value is -3.48. The van der Waals surface area contributed by atoms with E-state index in [1.165, 1.54) is 18.2 Å². The molecule has 1 aromatic carbocycles. The van der Waals surface area contributed by atoms with E-state index < -0.39 is 60.8 Å². The Morgan fingerprint density at radius 2 is 1.52 bits per heavy atom. The number of carboxylic acid groups (broad SMARTS) is 1. The Kier molecular flexibility index (Phi) is 16.7. The molecule has 11 nitrogen and oxygen atoms in total. The van der Waals surface area contributed by atoms with Crippen molar-refractivity contribution in [3.63, 3.8) is 0 Å². The molecular weight excluding hydrogens is 602 g/mol. The number of carbonyl (C=O) groups excluding carboxylic acids is 4. The van der Waals surface area contributed by atoms with Crippen molar-refractivity contribution in [2.75, 3.05) is 13.2 Å². The summed E-state index contributed by atoms with van der Waals surface area (Å²) < 4.78 is 31.9. The van der Waals surface area contributed by atoms with Crippen molar-refractivity contribution in [3.05, 3.63) is 34.3 Å². The smallest absolute Gasteiger partial charge is 0.407 e. The van der Waals surface area contributed by atoms with E-state index in [1.807, 2.05) is 41.5 Å². The number of ether oxygens (including phenoxy) is 1. The van der Waals surface area contributed by atoms with Crippen molar-refractivity contribution in [2.45, 2.75) is 91.8 Å². The zero-order valence-electron chi connectivity index (χ0n) is 26.0. The molecule has 5 N–H and O–H groups in total. The minimum Gasteiger partial charge on any atom is -0.478 e. The number of aromatic carboxylic acids is 1. The van der Waals surface area contributed by atoms with Gasteiger partial charge in [-0.05, 0) is 48.3 Å². The monoisotopic (exact) mass is 646 g/mol. The molecule has 0 radical (unpaired) electrons. The first-order valence-electron chi connectivity index (χ1n) is 14.6. The van der Waals surface area contributed by atoms with E-state index >= 15 is 0 Å². The first kappa shape index (κ1) is 38.5. The molecule has 1 aromatic rings. The third kappa shape index (κ3) is 14.8. The average Bonchev–Trinajstić information content (AvgIpc) is 2.90. The summed E-state index contributed by atoms with van der Waals surface area (Å²) in [6, 6.07) is 0.809. The quantitative estimate of drug-likeness (QED) is 0.160. The van der Waals surface area contributed by atoms with Crippen molar-refractivity contribution in [2.24, 2.45) is 17.8 Å². The molecule has 0 fully saturated rings. The number of halogens is 3. The van der Waals surface area contributed by atoms with E-state index in [-0.39, 0.29) is 60.8 Å². The summed E-state index contributed by atoms with van der Waals surface area (Å²) in [4.78, 5) is 62.2. The van der Waals surface area contributed by atoms with Gasteiger partial charge in [0.1, 0.15) is 12.1 Å². The number of alkyl carbamates (subject to hydrolysis) is 1. The summed E-state index contributed by atoms with van der Waals surface area (Å²) >= 11 is 6.11. The third-order valence-corrected chi connectivity index (χ3v) is 6.81. The van der Waals surface area contributed by atoms with E-state index in [9.17, 15) is 32.8 Å². The molecule has 1 rings (SSSR count). The molecule has 4 amide bonds. The first-order valence-corrected chi connectivity index (χ1v) is 15.0. The van der Waals surface area contributed by atoms with Gasteiger partial charge >= 0.3 is 12.1 Å². The SMILES string of the molecule is CC(C)COC(=O)N[C@H](CC(=O)N[C@H](CC(C)C)C(=O)N[C@H](CC(F)F)C(=O)NCCc1ccc(C(=O)O)cc1Cl)C(C)C. The van der Waals surface area contributed by atoms with Crippen LogP contribution in [0, 0.1) is 17.8 Å². The van der Waals surface area contributed by atoms with Gasteiger partial charge in [0, 0.05) is 30.5 Å². The second kappa shape index (κ2) is 19.0. The fourth-order valence-electron chi connectivity index (χ4n) is 4.05. The van der Waals surface area contributed by atoms with Gasteiger partial charge in [-0.15, -0.1) is 0 Å². The van der Waals surface area contributed by atoms with Gasteiger partial charge in [0.25, 0.3) is 0 Å². The maximum atomic E-state index is 13.4. The summed E-state index contributed by atoms with van der Waals surface area (Å²) in [5.41, 5.74) is 0.527. The zero-order chi connectivity index (χ0) is 33.6. The highest BCUT2D eigenvalue weighted by atomic mass is 35.5. The number of benzene rings is 1. The van der Waals surface area contributed by atoms with Gasteiger partial charge in [-0.3, -0.25) is 14.4 Å². The second-order valence-corrected chi connectivity index (χ2v) is 12.2. The summed E-state index contributed by atoms with van der Waals surface area (Å²) in [7, 11) is 0. The van der Waals surface area contributed by atoms with Gasteiger partial charge in [0.05, 0.1) is 12.2 Å². The lowest BCUT2D eigenvalue weighted by atomic mass is 9.99. The van der Waals surface area contributed by atoms with Crippen molar-refractivity contribution in [1.82, 2.24) is 21.3 Å². The molecule has 0 aliphatic rings. The number of hydrogen-bond donors (Lipinski definition) is 5. The van der Waals surface area contributed by atoms with Crippen LogP contribution in [0.4, 0.5) is 13.6 Å². The molecule has 0 bridgehead atoms. The minimum absolute atomic E-state index is 0.00864. The maximum Gasteiger partial charge on any atom is 0.407 e. The average molecular weight is 647 g/mol. The molecule has 14 heteroatoms. The number of alkyl halides is 2. The molecule has 0 saturated heterocycles. The number of nitrogens with one attached hydrogen (secondary N) is 4. The van der Waals surface area contributed by atoms with Crippen LogP contribution < -0.4 is 21.3 Å².